The summed E-state index contributed by atoms with van der Waals surface area (Å²) in [5.74, 6) is 0. The molecule has 2 rings (SSSR count). The van der Waals surface area contributed by atoms with Crippen LogP contribution >= 0.6 is 0 Å². The monoisotopic (exact) mass is 288 g/mol. The Morgan fingerprint density at radius 3 is 2.62 bits per heavy atom. The Hall–Kier alpha value is -1.57. The molecule has 1 aliphatic carbocycles. The molecule has 0 unspecified atom stereocenters. The van der Waals surface area contributed by atoms with Crippen molar-refractivity contribution in [3.63, 3.8) is 0 Å². The zero-order chi connectivity index (χ0) is 15.2. The molecule has 1 aromatic rings. The topological polar surface area (TPSA) is 67.5 Å². The van der Waals surface area contributed by atoms with E-state index in [9.17, 15) is 10.2 Å². The molecule has 0 bridgehead atoms. The summed E-state index contributed by atoms with van der Waals surface area (Å²) in [5, 5.41) is 28.6. The summed E-state index contributed by atoms with van der Waals surface area (Å²) in [7, 11) is 0. The summed E-state index contributed by atoms with van der Waals surface area (Å²) < 4.78 is 0. The lowest BCUT2D eigenvalue weighted by atomic mass is 9.92. The van der Waals surface area contributed by atoms with Crippen LogP contribution in [0.25, 0.3) is 0 Å². The summed E-state index contributed by atoms with van der Waals surface area (Å²) in [4.78, 5) is 2.18. The maximum absolute atomic E-state index is 10.0. The van der Waals surface area contributed by atoms with Gasteiger partial charge in [0.15, 0.2) is 0 Å². The first-order valence-electron chi connectivity index (χ1n) is 7.77. The molecule has 1 saturated carbocycles. The average molecular weight is 288 g/mol. The van der Waals surface area contributed by atoms with Gasteiger partial charge < -0.3 is 15.1 Å². The molecule has 0 aliphatic heterocycles. The Morgan fingerprint density at radius 1 is 1.33 bits per heavy atom. The number of benzene rings is 1. The van der Waals surface area contributed by atoms with Gasteiger partial charge in [0.05, 0.1) is 24.3 Å². The normalized spacial score (nSPS) is 17.2. The first-order chi connectivity index (χ1) is 10.2. The van der Waals surface area contributed by atoms with Crippen molar-refractivity contribution in [3.8, 4) is 6.07 Å². The van der Waals surface area contributed by atoms with E-state index in [-0.39, 0.29) is 6.61 Å². The van der Waals surface area contributed by atoms with Crippen LogP contribution < -0.4 is 4.90 Å². The van der Waals surface area contributed by atoms with E-state index >= 15 is 0 Å². The lowest BCUT2D eigenvalue weighted by molar-refractivity contribution is 0.199. The molecule has 1 fully saturated rings. The summed E-state index contributed by atoms with van der Waals surface area (Å²) in [6.45, 7) is 2.36. The van der Waals surface area contributed by atoms with E-state index in [0.717, 1.165) is 24.1 Å². The molecule has 21 heavy (non-hydrogen) atoms. The molecule has 2 N–H and O–H groups in total. The number of aliphatic hydroxyl groups is 2. The van der Waals surface area contributed by atoms with Crippen LogP contribution in [0, 0.1) is 11.3 Å². The molecule has 0 aromatic heterocycles. The number of nitrogens with zero attached hydrogens (tertiary/aromatic N) is 2. The maximum atomic E-state index is 10.0. The minimum Gasteiger partial charge on any atom is -0.395 e. The number of aliphatic hydroxyl groups excluding tert-OH is 2. The fraction of sp³-hybridized carbons (Fsp3) is 0.588. The second-order valence-corrected chi connectivity index (χ2v) is 5.77. The van der Waals surface area contributed by atoms with Gasteiger partial charge in [-0.1, -0.05) is 25.3 Å². The van der Waals surface area contributed by atoms with Gasteiger partial charge in [0.25, 0.3) is 0 Å². The smallest absolute Gasteiger partial charge is 0.0992 e. The molecule has 4 nitrogen and oxygen atoms in total. The first-order valence-corrected chi connectivity index (χ1v) is 7.77. The van der Waals surface area contributed by atoms with Gasteiger partial charge in [0.1, 0.15) is 0 Å². The first kappa shape index (κ1) is 15.8. The van der Waals surface area contributed by atoms with E-state index in [0.29, 0.717) is 18.2 Å². The zero-order valence-corrected chi connectivity index (χ0v) is 12.6. The quantitative estimate of drug-likeness (QED) is 0.874. The second-order valence-electron chi connectivity index (χ2n) is 5.77. The highest BCUT2D eigenvalue weighted by atomic mass is 16.3. The Bertz CT molecular complexity index is 502. The van der Waals surface area contributed by atoms with E-state index in [1.54, 1.807) is 13.0 Å². The van der Waals surface area contributed by atoms with Crippen molar-refractivity contribution in [1.82, 2.24) is 0 Å². The van der Waals surface area contributed by atoms with Crippen molar-refractivity contribution < 1.29 is 10.2 Å². The Kier molecular flexibility index (Phi) is 5.60. The SMILES string of the molecule is C[C@H](O)c1ccc(C#N)cc1N(CCO)C1CCCCC1. The van der Waals surface area contributed by atoms with Crippen LogP contribution in [0.2, 0.25) is 0 Å². The third-order valence-corrected chi connectivity index (χ3v) is 4.28. The summed E-state index contributed by atoms with van der Waals surface area (Å²) >= 11 is 0. The molecule has 0 spiro atoms. The molecule has 1 aromatic carbocycles. The Labute approximate surface area is 126 Å². The van der Waals surface area contributed by atoms with Gasteiger partial charge >= 0.3 is 0 Å². The minimum atomic E-state index is -0.586. The van der Waals surface area contributed by atoms with E-state index < -0.39 is 6.10 Å². The second kappa shape index (κ2) is 7.44. The minimum absolute atomic E-state index is 0.0759. The van der Waals surface area contributed by atoms with Gasteiger partial charge in [-0.25, -0.2) is 0 Å². The third-order valence-electron chi connectivity index (χ3n) is 4.28. The van der Waals surface area contributed by atoms with Crippen molar-refractivity contribution in [3.05, 3.63) is 29.3 Å². The molecule has 0 amide bonds. The van der Waals surface area contributed by atoms with Crippen LogP contribution in [-0.4, -0.2) is 29.4 Å². The highest BCUT2D eigenvalue weighted by molar-refractivity contribution is 5.59. The average Bonchev–Trinajstić information content (AvgIpc) is 2.52. The summed E-state index contributed by atoms with van der Waals surface area (Å²) in [6.07, 6.45) is 5.30. The zero-order valence-electron chi connectivity index (χ0n) is 12.6. The van der Waals surface area contributed by atoms with Crippen LogP contribution in [0.3, 0.4) is 0 Å². The van der Waals surface area contributed by atoms with E-state index in [4.69, 9.17) is 5.26 Å². The van der Waals surface area contributed by atoms with Crippen molar-refractivity contribution in [1.29, 1.82) is 5.26 Å². The predicted molar refractivity (Wildman–Crippen MR) is 83.1 cm³/mol. The van der Waals surface area contributed by atoms with Crippen molar-refractivity contribution in [2.45, 2.75) is 51.2 Å². The number of nitriles is 1. The Balaban J connectivity index is 2.39. The van der Waals surface area contributed by atoms with Crippen LogP contribution in [0.5, 0.6) is 0 Å². The lowest BCUT2D eigenvalue weighted by Crippen LogP contribution is -2.39. The fourth-order valence-electron chi connectivity index (χ4n) is 3.22. The Morgan fingerprint density at radius 2 is 2.05 bits per heavy atom. The molecule has 1 atom stereocenters. The largest absolute Gasteiger partial charge is 0.395 e. The fourth-order valence-corrected chi connectivity index (χ4v) is 3.22. The summed E-state index contributed by atoms with van der Waals surface area (Å²) in [5.41, 5.74) is 2.31. The standard InChI is InChI=1S/C17H24N2O2/c1-13(21)16-8-7-14(12-18)11-17(16)19(9-10-20)15-5-3-2-4-6-15/h7-8,11,13,15,20-21H,2-6,9-10H2,1H3/t13-/m0/s1. The molecule has 4 heteroatoms. The summed E-state index contributed by atoms with van der Waals surface area (Å²) in [6, 6.07) is 7.95. The number of anilines is 1. The highest BCUT2D eigenvalue weighted by Crippen LogP contribution is 2.33. The van der Waals surface area contributed by atoms with Crippen molar-refractivity contribution >= 4 is 5.69 Å². The number of hydrogen-bond acceptors (Lipinski definition) is 4. The van der Waals surface area contributed by atoms with Gasteiger partial charge in [-0.3, -0.25) is 0 Å². The predicted octanol–water partition coefficient (Wildman–Crippen LogP) is 2.74. The van der Waals surface area contributed by atoms with Crippen LogP contribution in [0.15, 0.2) is 18.2 Å². The van der Waals surface area contributed by atoms with E-state index in [1.165, 1.54) is 19.3 Å². The molecule has 1 aliphatic rings. The van der Waals surface area contributed by atoms with E-state index in [2.05, 4.69) is 11.0 Å². The molecular formula is C17H24N2O2. The van der Waals surface area contributed by atoms with Crippen LogP contribution in [0.4, 0.5) is 5.69 Å². The van der Waals surface area contributed by atoms with Gasteiger partial charge in [-0.2, -0.15) is 5.26 Å². The third kappa shape index (κ3) is 3.75. The molecule has 114 valence electrons. The van der Waals surface area contributed by atoms with Gasteiger partial charge in [-0.05, 0) is 31.9 Å². The van der Waals surface area contributed by atoms with Gasteiger partial charge in [0.2, 0.25) is 0 Å². The maximum Gasteiger partial charge on any atom is 0.0992 e. The van der Waals surface area contributed by atoms with Crippen LogP contribution in [0.1, 0.15) is 56.3 Å². The number of rotatable bonds is 5. The van der Waals surface area contributed by atoms with Crippen LogP contribution in [-0.2, 0) is 0 Å². The van der Waals surface area contributed by atoms with Crippen molar-refractivity contribution in [2.75, 3.05) is 18.1 Å². The molecule has 0 radical (unpaired) electrons. The van der Waals surface area contributed by atoms with Gasteiger partial charge in [0, 0.05) is 23.8 Å². The lowest BCUT2D eigenvalue weighted by Gasteiger charge is -2.37. The molecule has 0 heterocycles. The molecule has 0 saturated heterocycles. The van der Waals surface area contributed by atoms with Crippen molar-refractivity contribution in [2.24, 2.45) is 0 Å². The van der Waals surface area contributed by atoms with Gasteiger partial charge in [-0.15, -0.1) is 0 Å². The van der Waals surface area contributed by atoms with E-state index in [1.807, 2.05) is 12.1 Å². The highest BCUT2D eigenvalue weighted by Gasteiger charge is 2.24. The molecular weight excluding hydrogens is 264 g/mol. The number of hydrogen-bond donors (Lipinski definition) is 2.